The Bertz CT molecular complexity index is 101. The van der Waals surface area contributed by atoms with E-state index in [4.69, 9.17) is 19.9 Å². The minimum atomic E-state index is -0.848. The molecule has 1 unspecified atom stereocenters. The standard InChI is InChI=1S/C7H17NO4/c1-3-8(11-4-2)12-6-7(10)5-9/h7,9-10H,3-6H2,1-2H3. The summed E-state index contributed by atoms with van der Waals surface area (Å²) >= 11 is 0. The van der Waals surface area contributed by atoms with Gasteiger partial charge in [0, 0.05) is 6.54 Å². The summed E-state index contributed by atoms with van der Waals surface area (Å²) in [6, 6.07) is 0. The highest BCUT2D eigenvalue weighted by molar-refractivity contribution is 4.46. The molecule has 0 aromatic heterocycles. The van der Waals surface area contributed by atoms with Gasteiger partial charge in [-0.1, -0.05) is 5.23 Å². The van der Waals surface area contributed by atoms with Crippen molar-refractivity contribution in [2.45, 2.75) is 20.0 Å². The molecule has 1 atom stereocenters. The molecule has 0 fully saturated rings. The van der Waals surface area contributed by atoms with Crippen molar-refractivity contribution in [3.05, 3.63) is 0 Å². The van der Waals surface area contributed by atoms with Gasteiger partial charge >= 0.3 is 0 Å². The summed E-state index contributed by atoms with van der Waals surface area (Å²) < 4.78 is 0. The van der Waals surface area contributed by atoms with E-state index in [-0.39, 0.29) is 13.2 Å². The second-order valence-electron chi connectivity index (χ2n) is 2.20. The lowest BCUT2D eigenvalue weighted by atomic mass is 10.4. The molecule has 0 saturated heterocycles. The highest BCUT2D eigenvalue weighted by Crippen LogP contribution is 1.93. The maximum Gasteiger partial charge on any atom is 0.102 e. The van der Waals surface area contributed by atoms with Crippen molar-refractivity contribution in [3.8, 4) is 0 Å². The predicted molar refractivity (Wildman–Crippen MR) is 43.1 cm³/mol. The third-order valence-electron chi connectivity index (χ3n) is 1.15. The summed E-state index contributed by atoms with van der Waals surface area (Å²) in [5.41, 5.74) is 0. The molecule has 0 heterocycles. The number of hydroxylamine groups is 2. The molecule has 5 heteroatoms. The molecule has 0 aliphatic rings. The van der Waals surface area contributed by atoms with Crippen molar-refractivity contribution < 1.29 is 19.9 Å². The van der Waals surface area contributed by atoms with Crippen LogP contribution in [0.15, 0.2) is 0 Å². The fourth-order valence-electron chi connectivity index (χ4n) is 0.586. The molecule has 0 radical (unpaired) electrons. The quantitative estimate of drug-likeness (QED) is 0.518. The van der Waals surface area contributed by atoms with Crippen LogP contribution in [0.3, 0.4) is 0 Å². The molecule has 0 aliphatic carbocycles. The zero-order chi connectivity index (χ0) is 9.40. The molecule has 5 nitrogen and oxygen atoms in total. The zero-order valence-corrected chi connectivity index (χ0v) is 7.56. The minimum Gasteiger partial charge on any atom is -0.394 e. The number of aliphatic hydroxyl groups is 2. The van der Waals surface area contributed by atoms with E-state index >= 15 is 0 Å². The van der Waals surface area contributed by atoms with Crippen LogP contribution < -0.4 is 0 Å². The predicted octanol–water partition coefficient (Wildman–Crippen LogP) is -0.455. The average Bonchev–Trinajstić information content (AvgIpc) is 2.11. The Hall–Kier alpha value is -0.200. The Morgan fingerprint density at radius 3 is 2.42 bits per heavy atom. The van der Waals surface area contributed by atoms with Crippen molar-refractivity contribution >= 4 is 0 Å². The van der Waals surface area contributed by atoms with Crippen LogP contribution in [0.1, 0.15) is 13.8 Å². The van der Waals surface area contributed by atoms with Crippen LogP contribution >= 0.6 is 0 Å². The molecule has 0 aromatic carbocycles. The van der Waals surface area contributed by atoms with Crippen molar-refractivity contribution in [3.63, 3.8) is 0 Å². The summed E-state index contributed by atoms with van der Waals surface area (Å²) in [6.07, 6.45) is -0.848. The largest absolute Gasteiger partial charge is 0.394 e. The van der Waals surface area contributed by atoms with Gasteiger partial charge in [-0.05, 0) is 13.8 Å². The Balaban J connectivity index is 3.43. The average molecular weight is 179 g/mol. The second-order valence-corrected chi connectivity index (χ2v) is 2.20. The third-order valence-corrected chi connectivity index (χ3v) is 1.15. The van der Waals surface area contributed by atoms with E-state index in [1.807, 2.05) is 13.8 Å². The van der Waals surface area contributed by atoms with E-state index in [0.717, 1.165) is 0 Å². The number of nitrogens with zero attached hydrogens (tertiary/aromatic N) is 1. The SMILES string of the molecule is CCON(CC)OCC(O)CO. The maximum atomic E-state index is 8.91. The van der Waals surface area contributed by atoms with Gasteiger partial charge in [0.05, 0.1) is 19.8 Å². The fraction of sp³-hybridized carbons (Fsp3) is 1.00. The van der Waals surface area contributed by atoms with Gasteiger partial charge in [0.2, 0.25) is 0 Å². The van der Waals surface area contributed by atoms with E-state index in [1.54, 1.807) is 0 Å². The van der Waals surface area contributed by atoms with E-state index in [9.17, 15) is 0 Å². The van der Waals surface area contributed by atoms with Crippen LogP contribution in [0.5, 0.6) is 0 Å². The first-order chi connectivity index (χ1) is 5.74. The van der Waals surface area contributed by atoms with E-state index in [1.165, 1.54) is 5.23 Å². The molecular formula is C7H17NO4. The second kappa shape index (κ2) is 7.45. The molecule has 0 saturated carbocycles. The first kappa shape index (κ1) is 11.8. The minimum absolute atomic E-state index is 0.0460. The van der Waals surface area contributed by atoms with E-state index in [2.05, 4.69) is 0 Å². The monoisotopic (exact) mass is 179 g/mol. The molecule has 0 aliphatic heterocycles. The lowest BCUT2D eigenvalue weighted by Crippen LogP contribution is -2.30. The number of rotatable bonds is 7. The molecule has 2 N–H and O–H groups in total. The Kier molecular flexibility index (Phi) is 7.33. The lowest BCUT2D eigenvalue weighted by Gasteiger charge is -2.19. The maximum absolute atomic E-state index is 8.91. The summed E-state index contributed by atoms with van der Waals surface area (Å²) in [6.45, 7) is 4.54. The Labute approximate surface area is 72.4 Å². The highest BCUT2D eigenvalue weighted by Gasteiger charge is 2.06. The summed E-state index contributed by atoms with van der Waals surface area (Å²) in [5.74, 6) is 0. The summed E-state index contributed by atoms with van der Waals surface area (Å²) in [5, 5.41) is 18.7. The molecular weight excluding hydrogens is 162 g/mol. The molecule has 0 bridgehead atoms. The van der Waals surface area contributed by atoms with Gasteiger partial charge in [-0.2, -0.15) is 0 Å². The van der Waals surface area contributed by atoms with Gasteiger partial charge in [-0.15, -0.1) is 0 Å². The topological polar surface area (TPSA) is 62.2 Å². The molecule has 0 aromatic rings. The van der Waals surface area contributed by atoms with Gasteiger partial charge in [0.25, 0.3) is 0 Å². The Morgan fingerprint density at radius 2 is 2.00 bits per heavy atom. The van der Waals surface area contributed by atoms with Crippen LogP contribution in [0.4, 0.5) is 0 Å². The number of hydrogen-bond acceptors (Lipinski definition) is 5. The van der Waals surface area contributed by atoms with Crippen LogP contribution in [0.2, 0.25) is 0 Å². The van der Waals surface area contributed by atoms with Crippen LogP contribution in [0, 0.1) is 0 Å². The Morgan fingerprint density at radius 1 is 1.33 bits per heavy atom. The van der Waals surface area contributed by atoms with Crippen molar-refractivity contribution in [2.24, 2.45) is 0 Å². The van der Waals surface area contributed by atoms with E-state index in [0.29, 0.717) is 13.2 Å². The van der Waals surface area contributed by atoms with Crippen LogP contribution in [-0.4, -0.2) is 47.9 Å². The van der Waals surface area contributed by atoms with E-state index < -0.39 is 6.10 Å². The third kappa shape index (κ3) is 5.45. The molecule has 0 spiro atoms. The first-order valence-corrected chi connectivity index (χ1v) is 4.06. The molecule has 0 amide bonds. The van der Waals surface area contributed by atoms with Crippen molar-refractivity contribution in [1.29, 1.82) is 0 Å². The number of aliphatic hydroxyl groups excluding tert-OH is 2. The molecule has 74 valence electrons. The first-order valence-electron chi connectivity index (χ1n) is 4.06. The summed E-state index contributed by atoms with van der Waals surface area (Å²) in [4.78, 5) is 9.99. The van der Waals surface area contributed by atoms with Gasteiger partial charge in [0.15, 0.2) is 0 Å². The van der Waals surface area contributed by atoms with Gasteiger partial charge in [-0.25, -0.2) is 0 Å². The smallest absolute Gasteiger partial charge is 0.102 e. The molecule has 0 rings (SSSR count). The lowest BCUT2D eigenvalue weighted by molar-refractivity contribution is -0.370. The van der Waals surface area contributed by atoms with Crippen LogP contribution in [0.25, 0.3) is 0 Å². The fourth-order valence-corrected chi connectivity index (χ4v) is 0.586. The highest BCUT2D eigenvalue weighted by atomic mass is 16.9. The summed E-state index contributed by atoms with van der Waals surface area (Å²) in [7, 11) is 0. The van der Waals surface area contributed by atoms with Gasteiger partial charge in [0.1, 0.15) is 6.10 Å². The normalized spacial score (nSPS) is 13.8. The zero-order valence-electron chi connectivity index (χ0n) is 7.56. The molecule has 12 heavy (non-hydrogen) atoms. The van der Waals surface area contributed by atoms with Crippen molar-refractivity contribution in [2.75, 3.05) is 26.4 Å². The van der Waals surface area contributed by atoms with Crippen LogP contribution in [-0.2, 0) is 9.68 Å². The van der Waals surface area contributed by atoms with Gasteiger partial charge < -0.3 is 10.2 Å². The van der Waals surface area contributed by atoms with Gasteiger partial charge in [-0.3, -0.25) is 9.68 Å². The number of hydrogen-bond donors (Lipinski definition) is 2. The van der Waals surface area contributed by atoms with Crippen molar-refractivity contribution in [1.82, 2.24) is 5.23 Å².